The van der Waals surface area contributed by atoms with E-state index in [0.29, 0.717) is 17.9 Å². The van der Waals surface area contributed by atoms with Crippen molar-refractivity contribution < 1.29 is 14.6 Å². The molecule has 0 aliphatic carbocycles. The van der Waals surface area contributed by atoms with Gasteiger partial charge in [-0.3, -0.25) is 4.79 Å². The van der Waals surface area contributed by atoms with Crippen molar-refractivity contribution in [2.24, 2.45) is 17.8 Å². The van der Waals surface area contributed by atoms with Gasteiger partial charge in [-0.25, -0.2) is 0 Å². The lowest BCUT2D eigenvalue weighted by Crippen LogP contribution is -2.21. The van der Waals surface area contributed by atoms with E-state index in [1.54, 1.807) is 0 Å². The van der Waals surface area contributed by atoms with Crippen molar-refractivity contribution in [3.05, 3.63) is 108 Å². The third-order valence-corrected chi connectivity index (χ3v) is 7.26. The van der Waals surface area contributed by atoms with Gasteiger partial charge in [0.1, 0.15) is 0 Å². The first-order chi connectivity index (χ1) is 18.3. The minimum absolute atomic E-state index is 0.0277. The fourth-order valence-electron chi connectivity index (χ4n) is 3.99. The van der Waals surface area contributed by atoms with Gasteiger partial charge in [0, 0.05) is 11.8 Å². The molecule has 3 aromatic carbocycles. The molecule has 4 rings (SSSR count). The molecule has 1 aliphatic rings. The Labute approximate surface area is 239 Å². The molecule has 0 aromatic heterocycles. The predicted octanol–water partition coefficient (Wildman–Crippen LogP) is 7.40. The van der Waals surface area contributed by atoms with E-state index in [0.717, 1.165) is 25.9 Å². The summed E-state index contributed by atoms with van der Waals surface area (Å²) in [5.74, 6) is 1.47. The maximum absolute atomic E-state index is 11.2. The molecule has 206 valence electrons. The van der Waals surface area contributed by atoms with Gasteiger partial charge in [0.25, 0.3) is 0 Å². The molecule has 1 aliphatic heterocycles. The van der Waals surface area contributed by atoms with Crippen LogP contribution in [0.5, 0.6) is 0 Å². The molecule has 0 saturated carbocycles. The van der Waals surface area contributed by atoms with Crippen molar-refractivity contribution in [1.82, 2.24) is 0 Å². The number of Topliss-reactive ketones (excluding diaryl/α,β-unsaturated/α-hetero) is 1. The molecule has 38 heavy (non-hydrogen) atoms. The Bertz CT molecular complexity index is 1010. The molecule has 3 aromatic rings. The van der Waals surface area contributed by atoms with Crippen LogP contribution in [0.1, 0.15) is 37.5 Å². The van der Waals surface area contributed by atoms with E-state index in [4.69, 9.17) is 27.9 Å². The largest absolute Gasteiger partial charge is 0.392 e. The molecule has 0 amide bonds. The van der Waals surface area contributed by atoms with Gasteiger partial charge in [0.2, 0.25) is 0 Å². The molecule has 0 spiro atoms. The van der Waals surface area contributed by atoms with Crippen molar-refractivity contribution in [2.75, 3.05) is 18.4 Å². The molecular weight excluding hydrogens is 515 g/mol. The van der Waals surface area contributed by atoms with Crippen molar-refractivity contribution in [3.63, 3.8) is 0 Å². The van der Waals surface area contributed by atoms with Crippen LogP contribution in [0.15, 0.2) is 91.0 Å². The van der Waals surface area contributed by atoms with Gasteiger partial charge in [-0.05, 0) is 47.8 Å². The third-order valence-electron chi connectivity index (χ3n) is 6.68. The van der Waals surface area contributed by atoms with Crippen molar-refractivity contribution in [2.45, 2.75) is 52.2 Å². The molecular formula is C33H42Cl2O3. The first kappa shape index (κ1) is 32.0. The molecule has 1 heterocycles. The number of hydrogen-bond donors (Lipinski definition) is 1. The number of rotatable bonds is 11. The molecule has 5 heteroatoms. The average molecular weight is 558 g/mol. The van der Waals surface area contributed by atoms with Gasteiger partial charge in [-0.1, -0.05) is 112 Å². The number of halogens is 2. The number of benzene rings is 3. The van der Waals surface area contributed by atoms with Crippen molar-refractivity contribution >= 4 is 29.0 Å². The van der Waals surface area contributed by atoms with Crippen LogP contribution in [0.4, 0.5) is 0 Å². The fraction of sp³-hybridized carbons (Fsp3) is 0.424. The Morgan fingerprint density at radius 1 is 0.789 bits per heavy atom. The minimum atomic E-state index is -0.401. The number of hydrogen-bond acceptors (Lipinski definition) is 3. The van der Waals surface area contributed by atoms with E-state index in [1.165, 1.54) is 16.7 Å². The second-order valence-corrected chi connectivity index (χ2v) is 10.7. The Hall–Kier alpha value is -2.17. The summed E-state index contributed by atoms with van der Waals surface area (Å²) in [5, 5.41) is 9.46. The summed E-state index contributed by atoms with van der Waals surface area (Å²) < 4.78 is 5.24. The van der Waals surface area contributed by atoms with Gasteiger partial charge in [0.15, 0.2) is 5.78 Å². The van der Waals surface area contributed by atoms with Gasteiger partial charge in [0.05, 0.1) is 24.7 Å². The monoisotopic (exact) mass is 556 g/mol. The summed E-state index contributed by atoms with van der Waals surface area (Å²) in [6, 6.07) is 30.7. The SMILES string of the molecule is C[C@@H](Cc1ccccc1)C(=O)CCl.C[C@@H](Cc1ccccc1)[C@@H](O)CCl.C[C@@H](Cc1ccccc1)[C@@H]1CO1. The Kier molecular flexibility index (Phi) is 15.3. The molecule has 0 radical (unpaired) electrons. The number of carbonyl (C=O) groups excluding carboxylic acids is 1. The molecule has 0 unspecified atom stereocenters. The van der Waals surface area contributed by atoms with E-state index in [-0.39, 0.29) is 23.5 Å². The summed E-state index contributed by atoms with van der Waals surface area (Å²) in [6.45, 7) is 7.15. The average Bonchev–Trinajstić information content (AvgIpc) is 3.80. The minimum Gasteiger partial charge on any atom is -0.392 e. The zero-order chi connectivity index (χ0) is 27.8. The van der Waals surface area contributed by atoms with Crippen LogP contribution >= 0.6 is 23.2 Å². The van der Waals surface area contributed by atoms with E-state index in [2.05, 4.69) is 49.4 Å². The lowest BCUT2D eigenvalue weighted by Gasteiger charge is -2.15. The number of epoxide rings is 1. The maximum atomic E-state index is 11.2. The van der Waals surface area contributed by atoms with Crippen LogP contribution in [0.3, 0.4) is 0 Å². The topological polar surface area (TPSA) is 49.8 Å². The first-order valence-electron chi connectivity index (χ1n) is 13.4. The van der Waals surface area contributed by atoms with Crippen LogP contribution in [-0.2, 0) is 28.8 Å². The highest BCUT2D eigenvalue weighted by molar-refractivity contribution is 6.27. The second kappa shape index (κ2) is 18.2. The van der Waals surface area contributed by atoms with Crippen LogP contribution in [0.25, 0.3) is 0 Å². The first-order valence-corrected chi connectivity index (χ1v) is 14.5. The number of ether oxygens (including phenoxy) is 1. The quantitative estimate of drug-likeness (QED) is 0.197. The van der Waals surface area contributed by atoms with E-state index >= 15 is 0 Å². The van der Waals surface area contributed by atoms with Gasteiger partial charge in [-0.15, -0.1) is 23.2 Å². The summed E-state index contributed by atoms with van der Waals surface area (Å²) in [4.78, 5) is 11.2. The zero-order valence-corrected chi connectivity index (χ0v) is 24.3. The van der Waals surface area contributed by atoms with Crippen LogP contribution in [0, 0.1) is 17.8 Å². The molecule has 1 saturated heterocycles. The number of aliphatic hydroxyl groups is 1. The van der Waals surface area contributed by atoms with Gasteiger partial charge < -0.3 is 9.84 Å². The van der Waals surface area contributed by atoms with E-state index in [9.17, 15) is 9.90 Å². The predicted molar refractivity (Wildman–Crippen MR) is 160 cm³/mol. The molecule has 1 N–H and O–H groups in total. The van der Waals surface area contributed by atoms with Crippen LogP contribution in [-0.4, -0.2) is 41.5 Å². The Morgan fingerprint density at radius 3 is 1.61 bits per heavy atom. The fourth-order valence-corrected chi connectivity index (χ4v) is 4.56. The van der Waals surface area contributed by atoms with E-state index in [1.807, 2.05) is 62.4 Å². The van der Waals surface area contributed by atoms with Crippen molar-refractivity contribution in [3.8, 4) is 0 Å². The summed E-state index contributed by atoms with van der Waals surface area (Å²) in [6.07, 6.45) is 2.94. The molecule has 1 fully saturated rings. The highest BCUT2D eigenvalue weighted by Gasteiger charge is 2.29. The highest BCUT2D eigenvalue weighted by Crippen LogP contribution is 2.23. The number of carbonyl (C=O) groups is 1. The highest BCUT2D eigenvalue weighted by atomic mass is 35.5. The Morgan fingerprint density at radius 2 is 1.21 bits per heavy atom. The third kappa shape index (κ3) is 13.1. The summed E-state index contributed by atoms with van der Waals surface area (Å²) >= 11 is 11.0. The van der Waals surface area contributed by atoms with E-state index < -0.39 is 6.10 Å². The zero-order valence-electron chi connectivity index (χ0n) is 22.8. The number of ketones is 1. The maximum Gasteiger partial charge on any atom is 0.150 e. The lowest BCUT2D eigenvalue weighted by atomic mass is 9.97. The van der Waals surface area contributed by atoms with Gasteiger partial charge >= 0.3 is 0 Å². The molecule has 0 bridgehead atoms. The van der Waals surface area contributed by atoms with Gasteiger partial charge in [-0.2, -0.15) is 0 Å². The summed E-state index contributed by atoms with van der Waals surface area (Å²) in [5.41, 5.74) is 3.85. The van der Waals surface area contributed by atoms with Crippen molar-refractivity contribution in [1.29, 1.82) is 0 Å². The standard InChI is InChI=1S/C11H15ClO.C11H13ClO.C11H14O/c2*1-9(11(13)8-12)7-10-5-3-2-4-6-10;1-9(11-8-12-11)7-10-5-3-2-4-6-10/h2-6,9,11,13H,7-8H2,1H3;2-6,9H,7-8H2,1H3;2-6,9,11H,7-8H2,1H3/t9-,11-;9-;9-,11-/m000/s1. The molecule has 3 nitrogen and oxygen atoms in total. The van der Waals surface area contributed by atoms with Crippen LogP contribution < -0.4 is 0 Å². The smallest absolute Gasteiger partial charge is 0.150 e. The number of alkyl halides is 2. The lowest BCUT2D eigenvalue weighted by molar-refractivity contribution is -0.119. The summed E-state index contributed by atoms with van der Waals surface area (Å²) in [7, 11) is 0. The number of aliphatic hydroxyl groups excluding tert-OH is 1. The molecule has 5 atom stereocenters. The van der Waals surface area contributed by atoms with Crippen LogP contribution in [0.2, 0.25) is 0 Å². The Balaban J connectivity index is 0.000000200. The second-order valence-electron chi connectivity index (χ2n) is 10.1. The normalized spacial score (nSPS) is 16.9.